The number of halogens is 2. The zero-order valence-corrected chi connectivity index (χ0v) is 9.92. The molecular weight excluding hydrogens is 253 g/mol. The Labute approximate surface area is 102 Å². The summed E-state index contributed by atoms with van der Waals surface area (Å²) in [5.74, 6) is -1.08. The van der Waals surface area contributed by atoms with Gasteiger partial charge in [0.1, 0.15) is 0 Å². The first-order chi connectivity index (χ1) is 7.50. The Morgan fingerprint density at radius 3 is 2.69 bits per heavy atom. The van der Waals surface area contributed by atoms with Crippen LogP contribution in [0.3, 0.4) is 0 Å². The first-order valence-electron chi connectivity index (χ1n) is 4.34. The summed E-state index contributed by atoms with van der Waals surface area (Å²) in [6.45, 7) is 1.21. The average molecular weight is 262 g/mol. The van der Waals surface area contributed by atoms with E-state index in [4.69, 9.17) is 28.3 Å². The van der Waals surface area contributed by atoms with Gasteiger partial charge in [0.25, 0.3) is 0 Å². The fraction of sp³-hybridized carbons (Fsp3) is 0.200. The zero-order chi connectivity index (χ0) is 12.1. The predicted molar refractivity (Wildman–Crippen MR) is 62.3 cm³/mol. The molecule has 0 saturated carbocycles. The Balaban J connectivity index is 2.75. The molecule has 0 unspecified atom stereocenters. The first kappa shape index (κ1) is 12.8. The molecule has 86 valence electrons. The summed E-state index contributed by atoms with van der Waals surface area (Å²) in [4.78, 5) is 14.8. The van der Waals surface area contributed by atoms with Gasteiger partial charge in [-0.05, 0) is 19.1 Å². The van der Waals surface area contributed by atoms with E-state index in [-0.39, 0.29) is 0 Å². The summed E-state index contributed by atoms with van der Waals surface area (Å²) < 4.78 is 0. The largest absolute Gasteiger partial charge is 0.479 e. The second-order valence-corrected chi connectivity index (χ2v) is 3.79. The van der Waals surface area contributed by atoms with Crippen LogP contribution in [0.5, 0.6) is 0 Å². The summed E-state index contributed by atoms with van der Waals surface area (Å²) >= 11 is 11.6. The molecular formula is C10H9Cl2NO3. The van der Waals surface area contributed by atoms with Crippen LogP contribution in [0.1, 0.15) is 12.5 Å². The minimum Gasteiger partial charge on any atom is -0.479 e. The molecule has 0 saturated heterocycles. The summed E-state index contributed by atoms with van der Waals surface area (Å²) in [5, 5.41) is 12.8. The van der Waals surface area contributed by atoms with Crippen molar-refractivity contribution in [3.8, 4) is 0 Å². The number of carbonyl (C=O) groups is 1. The SMILES string of the molecule is C/C(=N\OCC(=O)O)c1ccc(Cl)c(Cl)c1. The molecule has 0 spiro atoms. The highest BCUT2D eigenvalue weighted by atomic mass is 35.5. The molecule has 0 bridgehead atoms. The number of benzene rings is 1. The number of hydrogen-bond acceptors (Lipinski definition) is 3. The van der Waals surface area contributed by atoms with Gasteiger partial charge in [0.2, 0.25) is 6.61 Å². The van der Waals surface area contributed by atoms with Crippen molar-refractivity contribution in [3.63, 3.8) is 0 Å². The van der Waals surface area contributed by atoms with Crippen molar-refractivity contribution in [1.29, 1.82) is 0 Å². The van der Waals surface area contributed by atoms with E-state index in [1.165, 1.54) is 0 Å². The molecule has 6 heteroatoms. The van der Waals surface area contributed by atoms with Gasteiger partial charge in [-0.15, -0.1) is 0 Å². The minimum atomic E-state index is -1.08. The fourth-order valence-corrected chi connectivity index (χ4v) is 1.26. The maximum atomic E-state index is 10.2. The van der Waals surface area contributed by atoms with Gasteiger partial charge < -0.3 is 9.94 Å². The van der Waals surface area contributed by atoms with Gasteiger partial charge >= 0.3 is 5.97 Å². The molecule has 1 aromatic rings. The van der Waals surface area contributed by atoms with Crippen LogP contribution in [0.2, 0.25) is 10.0 Å². The molecule has 0 aliphatic carbocycles. The zero-order valence-electron chi connectivity index (χ0n) is 8.41. The van der Waals surface area contributed by atoms with Gasteiger partial charge in [0.15, 0.2) is 0 Å². The van der Waals surface area contributed by atoms with Gasteiger partial charge in [-0.2, -0.15) is 0 Å². The van der Waals surface area contributed by atoms with Crippen LogP contribution >= 0.6 is 23.2 Å². The topological polar surface area (TPSA) is 58.9 Å². The van der Waals surface area contributed by atoms with Crippen molar-refractivity contribution in [1.82, 2.24) is 0 Å². The molecule has 0 aromatic heterocycles. The van der Waals surface area contributed by atoms with E-state index in [0.29, 0.717) is 15.8 Å². The van der Waals surface area contributed by atoms with Crippen LogP contribution in [0.25, 0.3) is 0 Å². The standard InChI is InChI=1S/C10H9Cl2NO3/c1-6(13-16-5-10(14)15)7-2-3-8(11)9(12)4-7/h2-4H,5H2,1H3,(H,14,15)/b13-6+. The van der Waals surface area contributed by atoms with Crippen molar-refractivity contribution < 1.29 is 14.7 Å². The number of oxime groups is 1. The predicted octanol–water partition coefficient (Wildman–Crippen LogP) is 2.82. The van der Waals surface area contributed by atoms with E-state index in [1.807, 2.05) is 0 Å². The van der Waals surface area contributed by atoms with Crippen molar-refractivity contribution in [2.75, 3.05) is 6.61 Å². The molecule has 0 heterocycles. The third kappa shape index (κ3) is 3.72. The second kappa shape index (κ2) is 5.72. The first-order valence-corrected chi connectivity index (χ1v) is 5.10. The van der Waals surface area contributed by atoms with E-state index in [9.17, 15) is 4.79 Å². The van der Waals surface area contributed by atoms with E-state index < -0.39 is 12.6 Å². The number of rotatable bonds is 4. The van der Waals surface area contributed by atoms with Crippen molar-refractivity contribution in [2.45, 2.75) is 6.92 Å². The lowest BCUT2D eigenvalue weighted by molar-refractivity contribution is -0.142. The Hall–Kier alpha value is -1.26. The van der Waals surface area contributed by atoms with Crippen LogP contribution in [-0.4, -0.2) is 23.4 Å². The molecule has 0 atom stereocenters. The third-order valence-corrected chi connectivity index (χ3v) is 2.47. The number of aliphatic carboxylic acids is 1. The lowest BCUT2D eigenvalue weighted by atomic mass is 10.1. The van der Waals surface area contributed by atoms with Crippen LogP contribution in [0, 0.1) is 0 Å². The molecule has 0 aliphatic rings. The molecule has 0 aliphatic heterocycles. The summed E-state index contributed by atoms with van der Waals surface area (Å²) in [6, 6.07) is 4.99. The highest BCUT2D eigenvalue weighted by molar-refractivity contribution is 6.42. The van der Waals surface area contributed by atoms with Crippen LogP contribution in [0.15, 0.2) is 23.4 Å². The minimum absolute atomic E-state index is 0.409. The van der Waals surface area contributed by atoms with Gasteiger partial charge in [-0.3, -0.25) is 0 Å². The molecule has 1 N–H and O–H groups in total. The van der Waals surface area contributed by atoms with E-state index in [0.717, 1.165) is 5.56 Å². The summed E-state index contributed by atoms with van der Waals surface area (Å²) in [7, 11) is 0. The van der Waals surface area contributed by atoms with E-state index >= 15 is 0 Å². The molecule has 0 fully saturated rings. The number of carboxylic acids is 1. The summed E-state index contributed by atoms with van der Waals surface area (Å²) in [5.41, 5.74) is 1.25. The molecule has 1 aromatic carbocycles. The van der Waals surface area contributed by atoms with E-state index in [2.05, 4.69) is 9.99 Å². The Kier molecular flexibility index (Phi) is 4.58. The van der Waals surface area contributed by atoms with Crippen molar-refractivity contribution >= 4 is 34.9 Å². The Bertz CT molecular complexity index is 432. The highest BCUT2D eigenvalue weighted by Gasteiger charge is 2.03. The Morgan fingerprint density at radius 2 is 2.12 bits per heavy atom. The molecule has 1 rings (SSSR count). The number of carboxylic acid groups (broad SMARTS) is 1. The van der Waals surface area contributed by atoms with Gasteiger partial charge in [-0.1, -0.05) is 34.4 Å². The molecule has 4 nitrogen and oxygen atoms in total. The second-order valence-electron chi connectivity index (χ2n) is 2.97. The number of hydrogen-bond donors (Lipinski definition) is 1. The van der Waals surface area contributed by atoms with Crippen molar-refractivity contribution in [2.24, 2.45) is 5.16 Å². The highest BCUT2D eigenvalue weighted by Crippen LogP contribution is 2.22. The van der Waals surface area contributed by atoms with Crippen LogP contribution in [0.4, 0.5) is 0 Å². The summed E-state index contributed by atoms with van der Waals surface area (Å²) in [6.07, 6.45) is 0. The molecule has 0 amide bonds. The third-order valence-electron chi connectivity index (χ3n) is 1.73. The smallest absolute Gasteiger partial charge is 0.344 e. The quantitative estimate of drug-likeness (QED) is 0.670. The fourth-order valence-electron chi connectivity index (χ4n) is 0.958. The average Bonchev–Trinajstić information content (AvgIpc) is 2.21. The van der Waals surface area contributed by atoms with Gasteiger partial charge in [-0.25, -0.2) is 4.79 Å². The van der Waals surface area contributed by atoms with Gasteiger partial charge in [0.05, 0.1) is 15.8 Å². The number of nitrogens with zero attached hydrogens (tertiary/aromatic N) is 1. The normalized spacial score (nSPS) is 11.3. The monoisotopic (exact) mass is 261 g/mol. The maximum absolute atomic E-state index is 10.2. The lowest BCUT2D eigenvalue weighted by Gasteiger charge is -2.02. The molecule has 16 heavy (non-hydrogen) atoms. The van der Waals surface area contributed by atoms with Crippen LogP contribution in [-0.2, 0) is 9.63 Å². The lowest BCUT2D eigenvalue weighted by Crippen LogP contribution is -2.05. The van der Waals surface area contributed by atoms with Crippen LogP contribution < -0.4 is 0 Å². The van der Waals surface area contributed by atoms with Gasteiger partial charge in [0, 0.05) is 5.56 Å². The maximum Gasteiger partial charge on any atom is 0.344 e. The Morgan fingerprint density at radius 1 is 1.44 bits per heavy atom. The van der Waals surface area contributed by atoms with Crippen molar-refractivity contribution in [3.05, 3.63) is 33.8 Å². The molecule has 0 radical (unpaired) electrons. The van der Waals surface area contributed by atoms with E-state index in [1.54, 1.807) is 25.1 Å².